The van der Waals surface area contributed by atoms with Crippen LogP contribution in [0.1, 0.15) is 25.5 Å². The van der Waals surface area contributed by atoms with Crippen LogP contribution in [-0.2, 0) is 4.74 Å². The number of rotatable bonds is 5. The van der Waals surface area contributed by atoms with E-state index in [4.69, 9.17) is 4.74 Å². The van der Waals surface area contributed by atoms with E-state index in [1.165, 1.54) is 0 Å². The summed E-state index contributed by atoms with van der Waals surface area (Å²) in [4.78, 5) is 2.13. The standard InChI is InChI=1S/C15H24N2O3/c1-3-16-11(2)14-5-4-12(8-15(14)19)17-6-7-20-13(9-17)10-18/h4-5,8,11,13,16,18-19H,3,6-7,9-10H2,1-2H3. The van der Waals surface area contributed by atoms with Crippen LogP contribution >= 0.6 is 0 Å². The van der Waals surface area contributed by atoms with Crippen LogP contribution in [0.2, 0.25) is 0 Å². The molecule has 0 saturated carbocycles. The van der Waals surface area contributed by atoms with Gasteiger partial charge in [-0.1, -0.05) is 13.0 Å². The Morgan fingerprint density at radius 3 is 2.95 bits per heavy atom. The van der Waals surface area contributed by atoms with E-state index in [1.807, 2.05) is 26.0 Å². The number of nitrogens with zero attached hydrogens (tertiary/aromatic N) is 1. The number of aliphatic hydroxyl groups excluding tert-OH is 1. The van der Waals surface area contributed by atoms with Gasteiger partial charge in [-0.15, -0.1) is 0 Å². The zero-order chi connectivity index (χ0) is 14.5. The van der Waals surface area contributed by atoms with Gasteiger partial charge < -0.3 is 25.2 Å². The molecule has 112 valence electrons. The Hall–Kier alpha value is -1.30. The first kappa shape index (κ1) is 15.1. The number of ether oxygens (including phenoxy) is 1. The SMILES string of the molecule is CCNC(C)c1ccc(N2CCOC(CO)C2)cc1O. The molecule has 0 bridgehead atoms. The summed E-state index contributed by atoms with van der Waals surface area (Å²) in [5, 5.41) is 22.7. The molecule has 0 aliphatic carbocycles. The molecule has 1 aliphatic rings. The lowest BCUT2D eigenvalue weighted by Crippen LogP contribution is -2.44. The van der Waals surface area contributed by atoms with Gasteiger partial charge in [-0.05, 0) is 19.5 Å². The summed E-state index contributed by atoms with van der Waals surface area (Å²) in [5.74, 6) is 0.308. The van der Waals surface area contributed by atoms with Crippen LogP contribution in [0.5, 0.6) is 5.75 Å². The van der Waals surface area contributed by atoms with E-state index < -0.39 is 0 Å². The zero-order valence-electron chi connectivity index (χ0n) is 12.2. The van der Waals surface area contributed by atoms with Crippen LogP contribution < -0.4 is 10.2 Å². The van der Waals surface area contributed by atoms with Crippen LogP contribution in [0.3, 0.4) is 0 Å². The number of hydrogen-bond acceptors (Lipinski definition) is 5. The second kappa shape index (κ2) is 6.92. The Bertz CT molecular complexity index is 439. The van der Waals surface area contributed by atoms with Crippen molar-refractivity contribution in [3.63, 3.8) is 0 Å². The summed E-state index contributed by atoms with van der Waals surface area (Å²) < 4.78 is 5.44. The molecule has 1 aromatic carbocycles. The number of morpholine rings is 1. The van der Waals surface area contributed by atoms with Crippen molar-refractivity contribution in [1.29, 1.82) is 0 Å². The smallest absolute Gasteiger partial charge is 0.122 e. The van der Waals surface area contributed by atoms with E-state index in [0.717, 1.165) is 24.3 Å². The minimum absolute atomic E-state index is 0.0258. The Labute approximate surface area is 120 Å². The molecular formula is C15H24N2O3. The summed E-state index contributed by atoms with van der Waals surface area (Å²) in [5.41, 5.74) is 1.87. The van der Waals surface area contributed by atoms with Gasteiger partial charge in [0.05, 0.1) is 19.3 Å². The van der Waals surface area contributed by atoms with E-state index in [-0.39, 0.29) is 18.8 Å². The Morgan fingerprint density at radius 1 is 1.50 bits per heavy atom. The summed E-state index contributed by atoms with van der Waals surface area (Å²) in [6.07, 6.45) is -0.147. The molecule has 3 N–H and O–H groups in total. The minimum atomic E-state index is -0.147. The molecule has 1 aromatic rings. The fourth-order valence-electron chi connectivity index (χ4n) is 2.58. The number of hydrogen-bond donors (Lipinski definition) is 3. The average molecular weight is 280 g/mol. The number of aromatic hydroxyl groups is 1. The zero-order valence-corrected chi connectivity index (χ0v) is 12.2. The third-order valence-electron chi connectivity index (χ3n) is 3.70. The van der Waals surface area contributed by atoms with Crippen LogP contribution in [0.15, 0.2) is 18.2 Å². The number of benzene rings is 1. The second-order valence-corrected chi connectivity index (χ2v) is 5.14. The molecule has 20 heavy (non-hydrogen) atoms. The molecular weight excluding hydrogens is 256 g/mol. The maximum Gasteiger partial charge on any atom is 0.122 e. The van der Waals surface area contributed by atoms with E-state index in [2.05, 4.69) is 10.2 Å². The molecule has 2 unspecified atom stereocenters. The number of nitrogens with one attached hydrogen (secondary N) is 1. The Balaban J connectivity index is 2.12. The van der Waals surface area contributed by atoms with Crippen LogP contribution in [-0.4, -0.2) is 49.2 Å². The van der Waals surface area contributed by atoms with Crippen molar-refractivity contribution in [3.8, 4) is 5.75 Å². The molecule has 1 heterocycles. The van der Waals surface area contributed by atoms with Crippen molar-refractivity contribution in [2.75, 3.05) is 37.7 Å². The van der Waals surface area contributed by atoms with Gasteiger partial charge in [0.15, 0.2) is 0 Å². The van der Waals surface area contributed by atoms with Crippen molar-refractivity contribution >= 4 is 5.69 Å². The summed E-state index contributed by atoms with van der Waals surface area (Å²) in [7, 11) is 0. The number of phenolic OH excluding ortho intramolecular Hbond substituents is 1. The van der Waals surface area contributed by atoms with Crippen molar-refractivity contribution in [3.05, 3.63) is 23.8 Å². The van der Waals surface area contributed by atoms with Crippen LogP contribution in [0.4, 0.5) is 5.69 Å². The molecule has 0 spiro atoms. The molecule has 1 saturated heterocycles. The highest BCUT2D eigenvalue weighted by Gasteiger charge is 2.21. The fourth-order valence-corrected chi connectivity index (χ4v) is 2.58. The highest BCUT2D eigenvalue weighted by Crippen LogP contribution is 2.29. The lowest BCUT2D eigenvalue weighted by atomic mass is 10.1. The number of phenols is 1. The minimum Gasteiger partial charge on any atom is -0.508 e. The van der Waals surface area contributed by atoms with Gasteiger partial charge in [0.25, 0.3) is 0 Å². The van der Waals surface area contributed by atoms with Gasteiger partial charge in [0.1, 0.15) is 5.75 Å². The molecule has 5 heteroatoms. The largest absolute Gasteiger partial charge is 0.508 e. The third kappa shape index (κ3) is 3.42. The average Bonchev–Trinajstić information content (AvgIpc) is 2.47. The first-order valence-corrected chi connectivity index (χ1v) is 7.19. The van der Waals surface area contributed by atoms with Crippen molar-refractivity contribution in [2.45, 2.75) is 26.0 Å². The predicted molar refractivity (Wildman–Crippen MR) is 79.2 cm³/mol. The molecule has 0 aromatic heterocycles. The van der Waals surface area contributed by atoms with Gasteiger partial charge >= 0.3 is 0 Å². The topological polar surface area (TPSA) is 65.0 Å². The molecule has 5 nitrogen and oxygen atoms in total. The molecule has 2 rings (SSSR count). The summed E-state index contributed by atoms with van der Waals surface area (Å²) >= 11 is 0. The Kier molecular flexibility index (Phi) is 5.23. The number of aliphatic hydroxyl groups is 1. The molecule has 0 radical (unpaired) electrons. The van der Waals surface area contributed by atoms with E-state index in [0.29, 0.717) is 18.9 Å². The monoisotopic (exact) mass is 280 g/mol. The van der Waals surface area contributed by atoms with Crippen LogP contribution in [0.25, 0.3) is 0 Å². The summed E-state index contributed by atoms with van der Waals surface area (Å²) in [6.45, 7) is 7.00. The summed E-state index contributed by atoms with van der Waals surface area (Å²) in [6, 6.07) is 5.90. The third-order valence-corrected chi connectivity index (χ3v) is 3.70. The maximum absolute atomic E-state index is 10.2. The number of anilines is 1. The molecule has 1 fully saturated rings. The molecule has 0 amide bonds. The normalized spacial score (nSPS) is 20.9. The first-order chi connectivity index (χ1) is 9.65. The highest BCUT2D eigenvalue weighted by molar-refractivity contribution is 5.54. The first-order valence-electron chi connectivity index (χ1n) is 7.19. The lowest BCUT2D eigenvalue weighted by molar-refractivity contribution is 0.00356. The second-order valence-electron chi connectivity index (χ2n) is 5.14. The predicted octanol–water partition coefficient (Wildman–Crippen LogP) is 1.26. The van der Waals surface area contributed by atoms with E-state index >= 15 is 0 Å². The van der Waals surface area contributed by atoms with Gasteiger partial charge in [0.2, 0.25) is 0 Å². The molecule has 2 atom stereocenters. The Morgan fingerprint density at radius 2 is 2.30 bits per heavy atom. The maximum atomic E-state index is 10.2. The van der Waals surface area contributed by atoms with Gasteiger partial charge in [-0.25, -0.2) is 0 Å². The van der Waals surface area contributed by atoms with Gasteiger partial charge in [-0.3, -0.25) is 0 Å². The van der Waals surface area contributed by atoms with Crippen LogP contribution in [0, 0.1) is 0 Å². The lowest BCUT2D eigenvalue weighted by Gasteiger charge is -2.34. The van der Waals surface area contributed by atoms with Crippen molar-refractivity contribution in [1.82, 2.24) is 5.32 Å². The van der Waals surface area contributed by atoms with Crippen molar-refractivity contribution in [2.24, 2.45) is 0 Å². The quantitative estimate of drug-likeness (QED) is 0.758. The van der Waals surface area contributed by atoms with Gasteiger partial charge in [0, 0.05) is 36.4 Å². The van der Waals surface area contributed by atoms with Gasteiger partial charge in [-0.2, -0.15) is 0 Å². The van der Waals surface area contributed by atoms with E-state index in [1.54, 1.807) is 6.07 Å². The highest BCUT2D eigenvalue weighted by atomic mass is 16.5. The fraction of sp³-hybridized carbons (Fsp3) is 0.600. The van der Waals surface area contributed by atoms with Crippen molar-refractivity contribution < 1.29 is 14.9 Å². The molecule has 1 aliphatic heterocycles. The van der Waals surface area contributed by atoms with E-state index in [9.17, 15) is 10.2 Å².